The maximum absolute atomic E-state index is 12.9. The van der Waals surface area contributed by atoms with Gasteiger partial charge in [-0.25, -0.2) is 0 Å². The zero-order valence-electron chi connectivity index (χ0n) is 12.5. The molecule has 2 rings (SSSR count). The summed E-state index contributed by atoms with van der Waals surface area (Å²) in [5.41, 5.74) is 3.48. The quantitative estimate of drug-likeness (QED) is 0.616. The average molecular weight is 319 g/mol. The van der Waals surface area contributed by atoms with Crippen molar-refractivity contribution in [1.82, 2.24) is 0 Å². The zero-order valence-corrected chi connectivity index (χ0v) is 13.3. The van der Waals surface area contributed by atoms with Gasteiger partial charge >= 0.3 is 6.18 Å². The highest BCUT2D eigenvalue weighted by Crippen LogP contribution is 2.42. The maximum atomic E-state index is 12.9. The first-order valence-corrected chi connectivity index (χ1v) is 7.98. The minimum Gasteiger partial charge on any atom is -0.171 e. The van der Waals surface area contributed by atoms with E-state index in [1.165, 1.54) is 0 Å². The fraction of sp³-hybridized carbons (Fsp3) is 0.647. The van der Waals surface area contributed by atoms with E-state index in [0.29, 0.717) is 12.8 Å². The molecule has 0 aromatic heterocycles. The summed E-state index contributed by atoms with van der Waals surface area (Å²) in [5, 5.41) is -0.212. The maximum Gasteiger partial charge on any atom is 0.391 e. The third kappa shape index (κ3) is 4.38. The molecule has 0 heterocycles. The summed E-state index contributed by atoms with van der Waals surface area (Å²) in [5.74, 6) is -1.21. The number of benzene rings is 1. The van der Waals surface area contributed by atoms with Gasteiger partial charge in [0, 0.05) is 5.38 Å². The van der Waals surface area contributed by atoms with Gasteiger partial charge in [-0.1, -0.05) is 30.2 Å². The van der Waals surface area contributed by atoms with E-state index in [4.69, 9.17) is 11.6 Å². The molecule has 3 unspecified atom stereocenters. The van der Waals surface area contributed by atoms with E-state index in [1.54, 1.807) is 0 Å². The Labute approximate surface area is 129 Å². The van der Waals surface area contributed by atoms with Crippen molar-refractivity contribution in [2.24, 2.45) is 11.8 Å². The molecule has 0 saturated heterocycles. The van der Waals surface area contributed by atoms with Gasteiger partial charge in [0.1, 0.15) is 0 Å². The lowest BCUT2D eigenvalue weighted by Gasteiger charge is -2.33. The molecular formula is C17H22ClF3. The molecule has 3 atom stereocenters. The predicted octanol–water partition coefficient (Wildman–Crippen LogP) is 5.82. The molecule has 0 N–H and O–H groups in total. The first-order valence-electron chi connectivity index (χ1n) is 7.54. The minimum atomic E-state index is -4.07. The van der Waals surface area contributed by atoms with Gasteiger partial charge in [0.15, 0.2) is 0 Å². The average Bonchev–Trinajstić information content (AvgIpc) is 2.42. The van der Waals surface area contributed by atoms with E-state index in [9.17, 15) is 13.2 Å². The van der Waals surface area contributed by atoms with Crippen LogP contribution >= 0.6 is 11.6 Å². The number of aryl methyl sites for hydroxylation is 2. The standard InChI is InChI=1S/C17H22ClF3/c1-11-6-7-12(2)14(8-11)10-16(18)13-4-3-5-15(9-13)17(19,20)21/h6-8,13,15-16H,3-5,9-10H2,1-2H3. The Hall–Kier alpha value is -0.700. The fourth-order valence-electron chi connectivity index (χ4n) is 3.25. The normalized spacial score (nSPS) is 24.9. The second-order valence-electron chi connectivity index (χ2n) is 6.32. The van der Waals surface area contributed by atoms with E-state index >= 15 is 0 Å². The Bertz CT molecular complexity index is 481. The molecule has 118 valence electrons. The molecule has 1 fully saturated rings. The molecule has 1 saturated carbocycles. The largest absolute Gasteiger partial charge is 0.391 e. The second kappa shape index (κ2) is 6.60. The molecule has 1 aromatic carbocycles. The Balaban J connectivity index is 2.02. The van der Waals surface area contributed by atoms with Crippen molar-refractivity contribution < 1.29 is 13.2 Å². The summed E-state index contributed by atoms with van der Waals surface area (Å²) >= 11 is 6.47. The van der Waals surface area contributed by atoms with Crippen LogP contribution in [0.3, 0.4) is 0 Å². The molecule has 0 radical (unpaired) electrons. The molecule has 0 bridgehead atoms. The van der Waals surface area contributed by atoms with Crippen LogP contribution < -0.4 is 0 Å². The number of alkyl halides is 4. The summed E-state index contributed by atoms with van der Waals surface area (Å²) in [6.45, 7) is 4.05. The van der Waals surface area contributed by atoms with Gasteiger partial charge in [-0.2, -0.15) is 13.2 Å². The van der Waals surface area contributed by atoms with E-state index in [2.05, 4.69) is 6.07 Å². The van der Waals surface area contributed by atoms with Gasteiger partial charge in [-0.05, 0) is 56.6 Å². The molecule has 0 aliphatic heterocycles. The SMILES string of the molecule is Cc1ccc(C)c(CC(Cl)C2CCCC(C(F)(F)F)C2)c1. The number of halogens is 4. The van der Waals surface area contributed by atoms with Crippen molar-refractivity contribution in [3.05, 3.63) is 34.9 Å². The third-order valence-corrected chi connectivity index (χ3v) is 5.12. The monoisotopic (exact) mass is 318 g/mol. The Morgan fingerprint density at radius 2 is 1.95 bits per heavy atom. The van der Waals surface area contributed by atoms with Crippen molar-refractivity contribution in [2.75, 3.05) is 0 Å². The fourth-order valence-corrected chi connectivity index (χ4v) is 3.65. The summed E-state index contributed by atoms with van der Waals surface area (Å²) in [4.78, 5) is 0. The molecular weight excluding hydrogens is 297 g/mol. The van der Waals surface area contributed by atoms with Crippen LogP contribution in [0.15, 0.2) is 18.2 Å². The van der Waals surface area contributed by atoms with E-state index in [-0.39, 0.29) is 24.1 Å². The smallest absolute Gasteiger partial charge is 0.171 e. The lowest BCUT2D eigenvalue weighted by Crippen LogP contribution is -2.32. The van der Waals surface area contributed by atoms with Crippen molar-refractivity contribution in [2.45, 2.75) is 57.5 Å². The van der Waals surface area contributed by atoms with Crippen LogP contribution in [0, 0.1) is 25.7 Å². The van der Waals surface area contributed by atoms with Crippen molar-refractivity contribution in [1.29, 1.82) is 0 Å². The molecule has 1 aliphatic rings. The topological polar surface area (TPSA) is 0 Å². The Morgan fingerprint density at radius 3 is 2.62 bits per heavy atom. The zero-order chi connectivity index (χ0) is 15.6. The van der Waals surface area contributed by atoms with Crippen LogP contribution in [0.1, 0.15) is 42.4 Å². The number of rotatable bonds is 3. The van der Waals surface area contributed by atoms with Crippen LogP contribution in [-0.2, 0) is 6.42 Å². The van der Waals surface area contributed by atoms with Gasteiger partial charge in [-0.3, -0.25) is 0 Å². The van der Waals surface area contributed by atoms with Crippen LogP contribution in [0.25, 0.3) is 0 Å². The summed E-state index contributed by atoms with van der Waals surface area (Å²) in [7, 11) is 0. The van der Waals surface area contributed by atoms with Crippen molar-refractivity contribution >= 4 is 11.6 Å². The number of hydrogen-bond acceptors (Lipinski definition) is 0. The van der Waals surface area contributed by atoms with E-state index < -0.39 is 12.1 Å². The molecule has 1 aromatic rings. The Morgan fingerprint density at radius 1 is 1.24 bits per heavy atom. The predicted molar refractivity (Wildman–Crippen MR) is 80.8 cm³/mol. The van der Waals surface area contributed by atoms with E-state index in [1.807, 2.05) is 26.0 Å². The van der Waals surface area contributed by atoms with Gasteiger partial charge < -0.3 is 0 Å². The van der Waals surface area contributed by atoms with Crippen LogP contribution in [-0.4, -0.2) is 11.6 Å². The summed E-state index contributed by atoms with van der Waals surface area (Å²) < 4.78 is 38.6. The van der Waals surface area contributed by atoms with Crippen molar-refractivity contribution in [3.8, 4) is 0 Å². The summed E-state index contributed by atoms with van der Waals surface area (Å²) in [6.07, 6.45) is -1.54. The van der Waals surface area contributed by atoms with Gasteiger partial charge in [-0.15, -0.1) is 11.6 Å². The molecule has 1 aliphatic carbocycles. The molecule has 21 heavy (non-hydrogen) atoms. The highest BCUT2D eigenvalue weighted by molar-refractivity contribution is 6.20. The molecule has 4 heteroatoms. The van der Waals surface area contributed by atoms with E-state index in [0.717, 1.165) is 23.1 Å². The molecule has 0 nitrogen and oxygen atoms in total. The first-order chi connectivity index (χ1) is 9.77. The highest BCUT2D eigenvalue weighted by Gasteiger charge is 2.43. The van der Waals surface area contributed by atoms with Crippen LogP contribution in [0.5, 0.6) is 0 Å². The van der Waals surface area contributed by atoms with Crippen molar-refractivity contribution in [3.63, 3.8) is 0 Å². The van der Waals surface area contributed by atoms with Gasteiger partial charge in [0.25, 0.3) is 0 Å². The second-order valence-corrected chi connectivity index (χ2v) is 6.88. The number of hydrogen-bond donors (Lipinski definition) is 0. The van der Waals surface area contributed by atoms with Gasteiger partial charge in [0.2, 0.25) is 0 Å². The Kier molecular flexibility index (Phi) is 5.24. The summed E-state index contributed by atoms with van der Waals surface area (Å²) in [6, 6.07) is 6.19. The lowest BCUT2D eigenvalue weighted by molar-refractivity contribution is -0.185. The molecule has 0 spiro atoms. The first kappa shape index (κ1) is 16.7. The van der Waals surface area contributed by atoms with Crippen LogP contribution in [0.4, 0.5) is 13.2 Å². The highest BCUT2D eigenvalue weighted by atomic mass is 35.5. The minimum absolute atomic E-state index is 0.0352. The third-order valence-electron chi connectivity index (χ3n) is 4.61. The molecule has 0 amide bonds. The lowest BCUT2D eigenvalue weighted by atomic mass is 9.78. The van der Waals surface area contributed by atoms with Gasteiger partial charge in [0.05, 0.1) is 5.92 Å². The van der Waals surface area contributed by atoms with Crippen LogP contribution in [0.2, 0.25) is 0 Å².